The first-order valence-corrected chi connectivity index (χ1v) is 9.65. The molecule has 0 aliphatic carbocycles. The van der Waals surface area contributed by atoms with E-state index in [2.05, 4.69) is 18.7 Å². The van der Waals surface area contributed by atoms with E-state index >= 15 is 0 Å². The molecule has 22 heavy (non-hydrogen) atoms. The van der Waals surface area contributed by atoms with Crippen LogP contribution in [0.4, 0.5) is 0 Å². The van der Waals surface area contributed by atoms with Crippen molar-refractivity contribution < 1.29 is 9.59 Å². The quantitative estimate of drug-likeness (QED) is 0.773. The fourth-order valence-electron chi connectivity index (χ4n) is 3.53. The van der Waals surface area contributed by atoms with E-state index in [0.29, 0.717) is 24.1 Å². The van der Waals surface area contributed by atoms with Gasteiger partial charge in [-0.15, -0.1) is 0 Å². The molecule has 0 aromatic carbocycles. The lowest BCUT2D eigenvalue weighted by Gasteiger charge is -2.38. The summed E-state index contributed by atoms with van der Waals surface area (Å²) >= 11 is 1.57. The van der Waals surface area contributed by atoms with Crippen LogP contribution in [0.25, 0.3) is 0 Å². The topological polar surface area (TPSA) is 43.9 Å². The first kappa shape index (κ1) is 17.6. The van der Waals surface area contributed by atoms with Gasteiger partial charge in [0.25, 0.3) is 0 Å². The Balaban J connectivity index is 1.76. The van der Waals surface area contributed by atoms with Gasteiger partial charge in [-0.05, 0) is 24.5 Å². The van der Waals surface area contributed by atoms with Crippen LogP contribution >= 0.6 is 11.8 Å². The predicted octanol–water partition coefficient (Wildman–Crippen LogP) is 0.998. The number of carbonyl (C=O) groups excluding carboxylic acids is 2. The Morgan fingerprint density at radius 2 is 1.55 bits per heavy atom. The number of piperidine rings is 1. The van der Waals surface area contributed by atoms with Crippen molar-refractivity contribution in [2.75, 3.05) is 57.8 Å². The summed E-state index contributed by atoms with van der Waals surface area (Å²) in [6.07, 6.45) is 3.17. The molecule has 2 amide bonds. The lowest BCUT2D eigenvalue weighted by Crippen LogP contribution is -2.53. The van der Waals surface area contributed by atoms with Crippen molar-refractivity contribution in [1.29, 1.82) is 0 Å². The van der Waals surface area contributed by atoms with Crippen molar-refractivity contribution in [2.45, 2.75) is 20.3 Å². The third kappa shape index (κ3) is 4.88. The second-order valence-electron chi connectivity index (χ2n) is 6.83. The molecule has 0 saturated carbocycles. The van der Waals surface area contributed by atoms with E-state index in [1.807, 2.05) is 16.1 Å². The van der Waals surface area contributed by atoms with Crippen LogP contribution in [0.1, 0.15) is 20.3 Å². The Morgan fingerprint density at radius 1 is 0.955 bits per heavy atom. The molecule has 2 aliphatic heterocycles. The van der Waals surface area contributed by atoms with Gasteiger partial charge in [-0.3, -0.25) is 14.5 Å². The van der Waals surface area contributed by atoms with Gasteiger partial charge < -0.3 is 9.80 Å². The number of hydrogen-bond acceptors (Lipinski definition) is 4. The van der Waals surface area contributed by atoms with E-state index in [-0.39, 0.29) is 11.8 Å². The Labute approximate surface area is 138 Å². The molecule has 0 spiro atoms. The number of rotatable bonds is 4. The molecule has 2 rings (SSSR count). The molecular formula is C16H29N3O2S. The lowest BCUT2D eigenvalue weighted by molar-refractivity contribution is -0.136. The first-order chi connectivity index (χ1) is 10.5. The van der Waals surface area contributed by atoms with Gasteiger partial charge in [-0.25, -0.2) is 0 Å². The van der Waals surface area contributed by atoms with Crippen LogP contribution in [-0.4, -0.2) is 84.3 Å². The fraction of sp³-hybridized carbons (Fsp3) is 0.875. The molecule has 0 aromatic rings. The van der Waals surface area contributed by atoms with Crippen molar-refractivity contribution >= 4 is 23.6 Å². The van der Waals surface area contributed by atoms with Crippen molar-refractivity contribution in [3.63, 3.8) is 0 Å². The molecule has 2 aliphatic rings. The maximum Gasteiger partial charge on any atom is 0.236 e. The molecule has 2 fully saturated rings. The average molecular weight is 327 g/mol. The second-order valence-corrected chi connectivity index (χ2v) is 7.70. The Morgan fingerprint density at radius 3 is 2.09 bits per heavy atom. The number of piperazine rings is 1. The summed E-state index contributed by atoms with van der Waals surface area (Å²) in [5.74, 6) is 2.24. The molecule has 5 nitrogen and oxygen atoms in total. The molecule has 2 heterocycles. The highest BCUT2D eigenvalue weighted by atomic mass is 32.2. The molecule has 0 aromatic heterocycles. The number of amides is 2. The van der Waals surface area contributed by atoms with Gasteiger partial charge in [0, 0.05) is 39.3 Å². The van der Waals surface area contributed by atoms with Gasteiger partial charge in [-0.1, -0.05) is 13.8 Å². The molecule has 2 saturated heterocycles. The molecular weight excluding hydrogens is 298 g/mol. The Hall–Kier alpha value is -0.750. The maximum atomic E-state index is 12.5. The molecule has 2 atom stereocenters. The van der Waals surface area contributed by atoms with Crippen LogP contribution in [0, 0.1) is 11.8 Å². The minimum absolute atomic E-state index is 0.220. The highest BCUT2D eigenvalue weighted by Gasteiger charge is 2.28. The van der Waals surface area contributed by atoms with Crippen molar-refractivity contribution in [3.8, 4) is 0 Å². The highest BCUT2D eigenvalue weighted by molar-refractivity contribution is 7.99. The second kappa shape index (κ2) is 8.20. The van der Waals surface area contributed by atoms with Crippen molar-refractivity contribution in [2.24, 2.45) is 11.8 Å². The van der Waals surface area contributed by atoms with Crippen molar-refractivity contribution in [1.82, 2.24) is 14.7 Å². The Kier molecular flexibility index (Phi) is 6.56. The van der Waals surface area contributed by atoms with E-state index in [1.54, 1.807) is 11.8 Å². The van der Waals surface area contributed by atoms with E-state index in [0.717, 1.165) is 39.3 Å². The minimum Gasteiger partial charge on any atom is -0.341 e. The number of nitrogens with zero attached hydrogens (tertiary/aromatic N) is 3. The maximum absolute atomic E-state index is 12.5. The largest absolute Gasteiger partial charge is 0.341 e. The van der Waals surface area contributed by atoms with Gasteiger partial charge in [0.1, 0.15) is 0 Å². The highest BCUT2D eigenvalue weighted by Crippen LogP contribution is 2.21. The van der Waals surface area contributed by atoms with Crippen LogP contribution in [0.3, 0.4) is 0 Å². The Bertz CT molecular complexity index is 387. The predicted molar refractivity (Wildman–Crippen MR) is 90.9 cm³/mol. The average Bonchev–Trinajstić information content (AvgIpc) is 2.47. The molecule has 2 unspecified atom stereocenters. The van der Waals surface area contributed by atoms with E-state index in [1.165, 1.54) is 6.42 Å². The minimum atomic E-state index is 0.220. The van der Waals surface area contributed by atoms with E-state index < -0.39 is 0 Å². The number of carbonyl (C=O) groups is 2. The molecule has 0 bridgehead atoms. The zero-order valence-corrected chi connectivity index (χ0v) is 14.9. The summed E-state index contributed by atoms with van der Waals surface area (Å²) in [6.45, 7) is 9.88. The summed E-state index contributed by atoms with van der Waals surface area (Å²) in [5, 5.41) is 0. The van der Waals surface area contributed by atoms with Crippen LogP contribution < -0.4 is 0 Å². The van der Waals surface area contributed by atoms with Gasteiger partial charge in [0.05, 0.1) is 12.3 Å². The summed E-state index contributed by atoms with van der Waals surface area (Å²) in [5.41, 5.74) is 0. The standard InChI is InChI=1S/C16H29N3O2S/c1-13-8-14(2)10-19(9-13)15(20)11-17-4-6-18(7-5-17)16(21)12-22-3/h13-14H,4-12H2,1-3H3. The molecule has 6 heteroatoms. The number of hydrogen-bond donors (Lipinski definition) is 0. The van der Waals surface area contributed by atoms with Gasteiger partial charge >= 0.3 is 0 Å². The summed E-state index contributed by atoms with van der Waals surface area (Å²) < 4.78 is 0. The monoisotopic (exact) mass is 327 g/mol. The molecule has 126 valence electrons. The van der Waals surface area contributed by atoms with E-state index in [4.69, 9.17) is 0 Å². The molecule has 0 radical (unpaired) electrons. The van der Waals surface area contributed by atoms with Crippen LogP contribution in [0.15, 0.2) is 0 Å². The number of likely N-dealkylation sites (tertiary alicyclic amines) is 1. The van der Waals surface area contributed by atoms with Crippen LogP contribution in [-0.2, 0) is 9.59 Å². The van der Waals surface area contributed by atoms with E-state index in [9.17, 15) is 9.59 Å². The zero-order valence-electron chi connectivity index (χ0n) is 14.1. The normalized spacial score (nSPS) is 27.0. The lowest BCUT2D eigenvalue weighted by atomic mass is 9.92. The summed E-state index contributed by atoms with van der Waals surface area (Å²) in [6, 6.07) is 0. The summed E-state index contributed by atoms with van der Waals surface area (Å²) in [7, 11) is 0. The third-order valence-electron chi connectivity index (χ3n) is 4.57. The van der Waals surface area contributed by atoms with Gasteiger partial charge in [0.2, 0.25) is 11.8 Å². The fourth-order valence-corrected chi connectivity index (χ4v) is 3.96. The van der Waals surface area contributed by atoms with Gasteiger partial charge in [0.15, 0.2) is 0 Å². The zero-order chi connectivity index (χ0) is 16.1. The smallest absolute Gasteiger partial charge is 0.236 e. The summed E-state index contributed by atoms with van der Waals surface area (Å²) in [4.78, 5) is 30.5. The van der Waals surface area contributed by atoms with Gasteiger partial charge in [-0.2, -0.15) is 11.8 Å². The number of thioether (sulfide) groups is 1. The van der Waals surface area contributed by atoms with Crippen molar-refractivity contribution in [3.05, 3.63) is 0 Å². The first-order valence-electron chi connectivity index (χ1n) is 8.26. The third-order valence-corrected chi connectivity index (χ3v) is 5.11. The SMILES string of the molecule is CSCC(=O)N1CCN(CC(=O)N2CC(C)CC(C)C2)CC1. The van der Waals surface area contributed by atoms with Crippen LogP contribution in [0.5, 0.6) is 0 Å². The van der Waals surface area contributed by atoms with Crippen LogP contribution in [0.2, 0.25) is 0 Å². The molecule has 0 N–H and O–H groups in total.